The molecule has 0 aromatic heterocycles. The van der Waals surface area contributed by atoms with Crippen LogP contribution in [0.3, 0.4) is 0 Å². The molecule has 5 aromatic carbocycles. The molecule has 2 fully saturated rings. The zero-order valence-corrected chi connectivity index (χ0v) is 65.3. The fraction of sp³-hybridized carbons (Fsp3) is 0.513. The Balaban J connectivity index is 1.16. The van der Waals surface area contributed by atoms with E-state index < -0.39 is 127 Å². The van der Waals surface area contributed by atoms with E-state index in [2.05, 4.69) is 90.1 Å². The van der Waals surface area contributed by atoms with E-state index in [0.29, 0.717) is 36.3 Å². The van der Waals surface area contributed by atoms with Crippen LogP contribution in [0.5, 0.6) is 0 Å². The Morgan fingerprint density at radius 2 is 0.458 bits per heavy atom. The van der Waals surface area contributed by atoms with Gasteiger partial charge in [-0.25, -0.2) is 17.6 Å². The van der Waals surface area contributed by atoms with Crippen molar-refractivity contribution in [3.05, 3.63) is 191 Å². The van der Waals surface area contributed by atoms with E-state index >= 15 is 17.6 Å². The molecule has 18 heteroatoms. The van der Waals surface area contributed by atoms with Gasteiger partial charge >= 0.3 is 14.2 Å². The fourth-order valence-corrected chi connectivity index (χ4v) is 26.1. The van der Waals surface area contributed by atoms with Gasteiger partial charge in [0.05, 0.1) is 33.5 Å². The van der Waals surface area contributed by atoms with E-state index in [-0.39, 0.29) is 0 Å². The predicted octanol–water partition coefficient (Wildman–Crippen LogP) is 20.7. The summed E-state index contributed by atoms with van der Waals surface area (Å²) in [5.41, 5.74) is -2.97. The molecule has 0 bridgehead atoms. The molecule has 2 aliphatic heterocycles. The van der Waals surface area contributed by atoms with Gasteiger partial charge in [0, 0.05) is 0 Å². The first-order valence-corrected chi connectivity index (χ1v) is 46.0. The molecule has 0 unspecified atom stereocenters. The Bertz CT molecular complexity index is 3290. The van der Waals surface area contributed by atoms with Crippen molar-refractivity contribution in [1.29, 1.82) is 0 Å². The smallest absolute Gasteiger partial charge is 0.401 e. The van der Waals surface area contributed by atoms with Crippen molar-refractivity contribution < 1.29 is 53.9 Å². The lowest BCUT2D eigenvalue weighted by molar-refractivity contribution is 0.00578. The summed E-state index contributed by atoms with van der Waals surface area (Å²) in [7, 11) is -11.9. The van der Waals surface area contributed by atoms with Crippen molar-refractivity contribution in [2.24, 2.45) is 0 Å². The summed E-state index contributed by atoms with van der Waals surface area (Å²) in [6, 6.07) is 41.0. The van der Waals surface area contributed by atoms with Gasteiger partial charge in [0.1, 0.15) is 22.4 Å². The maximum atomic E-state index is 18.6. The highest BCUT2D eigenvalue weighted by molar-refractivity contribution is 6.75. The fourth-order valence-electron chi connectivity index (χ4n) is 14.5. The lowest BCUT2D eigenvalue weighted by Gasteiger charge is -2.47. The Hall–Kier alpha value is -4.54. The predicted molar refractivity (Wildman–Crippen MR) is 398 cm³/mol. The van der Waals surface area contributed by atoms with Crippen LogP contribution in [0.25, 0.3) is 22.3 Å². The highest BCUT2D eigenvalue weighted by atomic mass is 28.4. The molecular weight excluding hydrogens is 1270 g/mol. The minimum absolute atomic E-state index is 0.475. The third kappa shape index (κ3) is 13.8. The Morgan fingerprint density at radius 1 is 0.281 bits per heavy atom. The number of rotatable bonds is 28. The lowest BCUT2D eigenvalue weighted by Crippen LogP contribution is -2.50. The minimum atomic E-state index is -2.92. The second-order valence-electron chi connectivity index (χ2n) is 29.5. The number of halogens is 4. The second-order valence-corrected chi connectivity index (χ2v) is 48.2. The van der Waals surface area contributed by atoms with Gasteiger partial charge in [-0.1, -0.05) is 180 Å². The van der Waals surface area contributed by atoms with Gasteiger partial charge in [0.25, 0.3) is 0 Å². The average molecular weight is 1380 g/mol. The van der Waals surface area contributed by atoms with Gasteiger partial charge in [-0.2, -0.15) is 0 Å². The lowest BCUT2D eigenvalue weighted by atomic mass is 9.78. The molecule has 0 radical (unpaired) electrons. The van der Waals surface area contributed by atoms with Crippen molar-refractivity contribution in [2.75, 3.05) is 0 Å². The van der Waals surface area contributed by atoms with Crippen LogP contribution >= 0.6 is 0 Å². The van der Waals surface area contributed by atoms with Crippen LogP contribution in [-0.2, 0) is 58.7 Å². The molecule has 4 aliphatic rings. The van der Waals surface area contributed by atoms with Gasteiger partial charge in [0.15, 0.2) is 56.5 Å². The van der Waals surface area contributed by atoms with E-state index in [1.54, 1.807) is 24.3 Å². The number of hydrogen-bond acceptors (Lipinski definition) is 8. The van der Waals surface area contributed by atoms with E-state index in [4.69, 9.17) is 36.3 Å². The van der Waals surface area contributed by atoms with E-state index in [9.17, 15) is 0 Å². The monoisotopic (exact) mass is 1380 g/mol. The Kier molecular flexibility index (Phi) is 22.4. The maximum absolute atomic E-state index is 18.6. The second kappa shape index (κ2) is 28.5. The van der Waals surface area contributed by atoms with Crippen LogP contribution in [0.1, 0.15) is 161 Å². The topological polar surface area (TPSA) is 73.8 Å². The summed E-state index contributed by atoms with van der Waals surface area (Å²) in [5.74, 6) is -6.19. The minimum Gasteiger partial charge on any atom is -0.401 e. The first kappa shape index (κ1) is 75.7. The van der Waals surface area contributed by atoms with Gasteiger partial charge in [-0.3, -0.25) is 0 Å². The Labute approximate surface area is 578 Å². The molecule has 0 amide bonds. The third-order valence-electron chi connectivity index (χ3n) is 23.8. The molecule has 9 rings (SSSR count). The molecule has 0 spiro atoms. The van der Waals surface area contributed by atoms with Crippen LogP contribution in [0.4, 0.5) is 17.6 Å². The molecule has 2 aliphatic carbocycles. The standard InChI is InChI=1S/C78H108B2F4O8Si4/c1-21-93(22-2,23-3)89-75(61-41-33-57(34-42-61)59-37-45-63(46-38-59)79-85-71(13,14)72(15,16)86-79)49-53-77(54-50-75,91-95(27-7,28-8)29-9)65-67(81)69(83)66(70(84)68(65)82)78(92-96(30-10,31-11)32-12)55-51-76(52-56-78,90-94(24-4,25-5)26-6)62-43-35-58(36-44-62)60-39-47-64(48-40-60)80-87-73(17,18)74(19,20)88-80/h33-56H,21-32H2,1-20H3. The van der Waals surface area contributed by atoms with Gasteiger partial charge in [-0.05, 0) is 221 Å². The zero-order valence-electron chi connectivity index (χ0n) is 61.3. The third-order valence-corrected chi connectivity index (χ3v) is 42.4. The molecule has 0 atom stereocenters. The summed E-state index contributed by atoms with van der Waals surface area (Å²) >= 11 is 0. The molecule has 96 heavy (non-hydrogen) atoms. The SMILES string of the molecule is CC[Si](CC)(CC)OC1(c2ccc(-c3ccc(B4OC(C)(C)C(C)(C)O4)cc3)cc2)C=CC(O[Si](CC)(CC)CC)(c2c(F)c(F)c(C3(O[Si](CC)(CC)CC)C=CC(O[Si](CC)(CC)CC)(c4ccc(-c5ccc(B6OC(C)(C)C(C)(C)O6)cc5)cc4)C=C3)c(F)c2F)C=C1. The normalized spacial score (nSPS) is 23.8. The average Bonchev–Trinajstić information content (AvgIpc) is 0.935. The van der Waals surface area contributed by atoms with Crippen LogP contribution in [0, 0.1) is 23.3 Å². The van der Waals surface area contributed by atoms with Gasteiger partial charge in [-0.15, -0.1) is 0 Å². The van der Waals surface area contributed by atoms with E-state index in [0.717, 1.165) is 80.6 Å². The van der Waals surface area contributed by atoms with Crippen LogP contribution < -0.4 is 10.9 Å². The van der Waals surface area contributed by atoms with Crippen LogP contribution in [0.2, 0.25) is 72.5 Å². The van der Waals surface area contributed by atoms with E-state index in [1.807, 2.05) is 170 Å². The van der Waals surface area contributed by atoms with Crippen LogP contribution in [0.15, 0.2) is 146 Å². The largest absolute Gasteiger partial charge is 0.494 e. The highest BCUT2D eigenvalue weighted by Crippen LogP contribution is 2.53. The molecule has 2 saturated heterocycles. The van der Waals surface area contributed by atoms with Crippen LogP contribution in [-0.4, -0.2) is 69.9 Å². The van der Waals surface area contributed by atoms with Crippen molar-refractivity contribution in [3.8, 4) is 22.3 Å². The Morgan fingerprint density at radius 3 is 0.656 bits per heavy atom. The molecule has 518 valence electrons. The maximum Gasteiger partial charge on any atom is 0.494 e. The van der Waals surface area contributed by atoms with Crippen molar-refractivity contribution in [3.63, 3.8) is 0 Å². The molecule has 5 aromatic rings. The highest BCUT2D eigenvalue weighted by Gasteiger charge is 2.56. The van der Waals surface area contributed by atoms with E-state index in [1.165, 1.54) is 0 Å². The first-order valence-electron chi connectivity index (χ1n) is 35.9. The van der Waals surface area contributed by atoms with Crippen molar-refractivity contribution in [2.45, 2.75) is 256 Å². The van der Waals surface area contributed by atoms with Crippen molar-refractivity contribution >= 4 is 58.4 Å². The number of hydrogen-bond donors (Lipinski definition) is 0. The summed E-state index contributed by atoms with van der Waals surface area (Å²) < 4.78 is 130. The first-order chi connectivity index (χ1) is 45.3. The molecular formula is C78H108B2F4O8Si4. The van der Waals surface area contributed by atoms with Gasteiger partial charge < -0.3 is 36.3 Å². The molecule has 0 saturated carbocycles. The zero-order chi connectivity index (χ0) is 70.4. The van der Waals surface area contributed by atoms with Gasteiger partial charge in [0.2, 0.25) is 0 Å². The summed E-state index contributed by atoms with van der Waals surface area (Å²) in [4.78, 5) is 0. The quantitative estimate of drug-likeness (QED) is 0.0212. The molecule has 2 heterocycles. The summed E-state index contributed by atoms with van der Waals surface area (Å²) in [6.07, 6.45) is 13.8. The molecule has 8 nitrogen and oxygen atoms in total. The molecule has 0 N–H and O–H groups in total. The van der Waals surface area contributed by atoms with Crippen molar-refractivity contribution in [1.82, 2.24) is 0 Å². The summed E-state index contributed by atoms with van der Waals surface area (Å²) in [5, 5.41) is 0. The number of benzene rings is 5. The summed E-state index contributed by atoms with van der Waals surface area (Å²) in [6.45, 7) is 41.4.